The third-order valence-corrected chi connectivity index (χ3v) is 3.60. The first kappa shape index (κ1) is 19.2. The van der Waals surface area contributed by atoms with E-state index in [4.69, 9.17) is 9.47 Å². The lowest BCUT2D eigenvalue weighted by molar-refractivity contribution is 0.0394. The molecule has 0 radical (unpaired) electrons. The monoisotopic (exact) mass is 315 g/mol. The van der Waals surface area contributed by atoms with Crippen molar-refractivity contribution in [1.29, 1.82) is 0 Å². The van der Waals surface area contributed by atoms with Crippen LogP contribution in [0.4, 0.5) is 0 Å². The van der Waals surface area contributed by atoms with Crippen LogP contribution in [0.2, 0.25) is 0 Å². The summed E-state index contributed by atoms with van der Waals surface area (Å²) in [6.07, 6.45) is 0. The maximum Gasteiger partial charge on any atom is 0.191 e. The fraction of sp³-hybridized carbons (Fsp3) is 0.933. The molecule has 1 fully saturated rings. The molecule has 0 aromatic rings. The van der Waals surface area contributed by atoms with E-state index < -0.39 is 0 Å². The van der Waals surface area contributed by atoms with Gasteiger partial charge in [0.05, 0.1) is 26.4 Å². The quantitative estimate of drug-likeness (QED) is 0.417. The SMILES string of the molecule is CCNC(=NCCN1CCOCC1)NCCN(C)CCOC. The standard InChI is InChI=1S/C15H33N5O2/c1-4-16-15(17-5-7-19(2)9-12-21-3)18-6-8-20-10-13-22-14-11-20/h4-14H2,1-3H3,(H2,16,17,18). The summed E-state index contributed by atoms with van der Waals surface area (Å²) in [6.45, 7) is 12.1. The Morgan fingerprint density at radius 1 is 1.27 bits per heavy atom. The Bertz CT molecular complexity index is 296. The maximum absolute atomic E-state index is 5.35. The van der Waals surface area contributed by atoms with Gasteiger partial charge >= 0.3 is 0 Å². The van der Waals surface area contributed by atoms with Crippen LogP contribution in [0, 0.1) is 0 Å². The second kappa shape index (κ2) is 12.6. The van der Waals surface area contributed by atoms with Gasteiger partial charge in [0.25, 0.3) is 0 Å². The molecule has 1 saturated heterocycles. The highest BCUT2D eigenvalue weighted by Crippen LogP contribution is 1.95. The van der Waals surface area contributed by atoms with Crippen LogP contribution in [0.15, 0.2) is 4.99 Å². The molecule has 0 unspecified atom stereocenters. The lowest BCUT2D eigenvalue weighted by Gasteiger charge is -2.25. The molecule has 0 atom stereocenters. The lowest BCUT2D eigenvalue weighted by atomic mass is 10.4. The number of rotatable bonds is 10. The zero-order valence-electron chi connectivity index (χ0n) is 14.4. The molecular formula is C15H33N5O2. The van der Waals surface area contributed by atoms with Crippen LogP contribution in [0.25, 0.3) is 0 Å². The number of morpholine rings is 1. The fourth-order valence-electron chi connectivity index (χ4n) is 2.19. The summed E-state index contributed by atoms with van der Waals surface area (Å²) in [6, 6.07) is 0. The van der Waals surface area contributed by atoms with Gasteiger partial charge in [-0.1, -0.05) is 0 Å². The van der Waals surface area contributed by atoms with Gasteiger partial charge in [-0.3, -0.25) is 9.89 Å². The minimum Gasteiger partial charge on any atom is -0.383 e. The van der Waals surface area contributed by atoms with Crippen LogP contribution in [0.3, 0.4) is 0 Å². The number of guanidine groups is 1. The van der Waals surface area contributed by atoms with E-state index in [9.17, 15) is 0 Å². The van der Waals surface area contributed by atoms with Crippen molar-refractivity contribution in [2.45, 2.75) is 6.92 Å². The average Bonchev–Trinajstić information content (AvgIpc) is 2.54. The fourth-order valence-corrected chi connectivity index (χ4v) is 2.19. The van der Waals surface area contributed by atoms with Crippen LogP contribution in [-0.2, 0) is 9.47 Å². The summed E-state index contributed by atoms with van der Waals surface area (Å²) in [7, 11) is 3.83. The molecular weight excluding hydrogens is 282 g/mol. The molecule has 0 saturated carbocycles. The van der Waals surface area contributed by atoms with Gasteiger partial charge in [0.2, 0.25) is 0 Å². The van der Waals surface area contributed by atoms with Crippen LogP contribution < -0.4 is 10.6 Å². The van der Waals surface area contributed by atoms with E-state index in [1.165, 1.54) is 0 Å². The Hall–Kier alpha value is -0.890. The summed E-state index contributed by atoms with van der Waals surface area (Å²) in [4.78, 5) is 9.28. The van der Waals surface area contributed by atoms with Gasteiger partial charge in [-0.15, -0.1) is 0 Å². The minimum atomic E-state index is 0.768. The Morgan fingerprint density at radius 2 is 2.05 bits per heavy atom. The maximum atomic E-state index is 5.35. The molecule has 7 nitrogen and oxygen atoms in total. The molecule has 1 rings (SSSR count). The second-order valence-electron chi connectivity index (χ2n) is 5.44. The van der Waals surface area contributed by atoms with Crippen molar-refractivity contribution in [2.75, 3.05) is 86.3 Å². The van der Waals surface area contributed by atoms with Crippen molar-refractivity contribution in [2.24, 2.45) is 4.99 Å². The van der Waals surface area contributed by atoms with Crippen LogP contribution >= 0.6 is 0 Å². The summed E-state index contributed by atoms with van der Waals surface area (Å²) in [5.74, 6) is 0.899. The lowest BCUT2D eigenvalue weighted by Crippen LogP contribution is -2.42. The average molecular weight is 315 g/mol. The van der Waals surface area contributed by atoms with Gasteiger partial charge in [-0.25, -0.2) is 0 Å². The molecule has 2 N–H and O–H groups in total. The number of hydrogen-bond donors (Lipinski definition) is 2. The van der Waals surface area contributed by atoms with E-state index in [0.29, 0.717) is 0 Å². The highest BCUT2D eigenvalue weighted by atomic mass is 16.5. The molecule has 0 aromatic carbocycles. The van der Waals surface area contributed by atoms with E-state index >= 15 is 0 Å². The first-order valence-electron chi connectivity index (χ1n) is 8.26. The number of likely N-dealkylation sites (N-methyl/N-ethyl adjacent to an activating group) is 1. The van der Waals surface area contributed by atoms with Gasteiger partial charge in [-0.05, 0) is 14.0 Å². The Kier molecular flexibility index (Phi) is 11.0. The minimum absolute atomic E-state index is 0.768. The van der Waals surface area contributed by atoms with E-state index in [1.54, 1.807) is 7.11 Å². The first-order chi connectivity index (χ1) is 10.8. The molecule has 0 aromatic heterocycles. The zero-order chi connectivity index (χ0) is 16.0. The molecule has 1 aliphatic rings. The molecule has 130 valence electrons. The second-order valence-corrected chi connectivity index (χ2v) is 5.44. The summed E-state index contributed by atoms with van der Waals surface area (Å²) in [5, 5.41) is 6.67. The zero-order valence-corrected chi connectivity index (χ0v) is 14.4. The van der Waals surface area contributed by atoms with Gasteiger partial charge in [0.15, 0.2) is 5.96 Å². The number of aliphatic imine (C=N–C) groups is 1. The third kappa shape index (κ3) is 9.19. The molecule has 0 amide bonds. The highest BCUT2D eigenvalue weighted by Gasteiger charge is 2.09. The van der Waals surface area contributed by atoms with Gasteiger partial charge in [0, 0.05) is 52.9 Å². The van der Waals surface area contributed by atoms with Gasteiger partial charge in [0.1, 0.15) is 0 Å². The summed E-state index contributed by atoms with van der Waals surface area (Å²) >= 11 is 0. The smallest absolute Gasteiger partial charge is 0.191 e. The number of hydrogen-bond acceptors (Lipinski definition) is 5. The number of ether oxygens (including phenoxy) is 2. The van der Waals surface area contributed by atoms with Crippen LogP contribution in [0.1, 0.15) is 6.92 Å². The molecule has 0 aliphatic carbocycles. The number of methoxy groups -OCH3 is 1. The topological polar surface area (TPSA) is 61.4 Å². The van der Waals surface area contributed by atoms with Crippen LogP contribution in [-0.4, -0.2) is 102 Å². The van der Waals surface area contributed by atoms with Crippen molar-refractivity contribution >= 4 is 5.96 Å². The van der Waals surface area contributed by atoms with Crippen LogP contribution in [0.5, 0.6) is 0 Å². The van der Waals surface area contributed by atoms with Crippen molar-refractivity contribution in [3.8, 4) is 0 Å². The summed E-state index contributed by atoms with van der Waals surface area (Å²) < 4.78 is 10.4. The normalized spacial score (nSPS) is 17.0. The summed E-state index contributed by atoms with van der Waals surface area (Å²) in [5.41, 5.74) is 0. The molecule has 0 spiro atoms. The molecule has 1 aliphatic heterocycles. The Labute approximate surface area is 135 Å². The molecule has 22 heavy (non-hydrogen) atoms. The number of nitrogens with zero attached hydrogens (tertiary/aromatic N) is 3. The van der Waals surface area contributed by atoms with Gasteiger partial charge < -0.3 is 25.0 Å². The van der Waals surface area contributed by atoms with Crippen molar-refractivity contribution in [3.05, 3.63) is 0 Å². The largest absolute Gasteiger partial charge is 0.383 e. The Balaban J connectivity index is 2.20. The van der Waals surface area contributed by atoms with Crippen molar-refractivity contribution in [1.82, 2.24) is 20.4 Å². The molecule has 1 heterocycles. The Morgan fingerprint density at radius 3 is 2.73 bits per heavy atom. The van der Waals surface area contributed by atoms with Gasteiger partial charge in [-0.2, -0.15) is 0 Å². The highest BCUT2D eigenvalue weighted by molar-refractivity contribution is 5.79. The third-order valence-electron chi connectivity index (χ3n) is 3.60. The molecule has 0 bridgehead atoms. The van der Waals surface area contributed by atoms with E-state index in [2.05, 4.69) is 39.4 Å². The van der Waals surface area contributed by atoms with E-state index in [0.717, 1.165) is 78.1 Å². The predicted octanol–water partition coefficient (Wildman–Crippen LogP) is -0.548. The molecule has 7 heteroatoms. The van der Waals surface area contributed by atoms with Crippen molar-refractivity contribution in [3.63, 3.8) is 0 Å². The first-order valence-corrected chi connectivity index (χ1v) is 8.26. The van der Waals surface area contributed by atoms with Crippen molar-refractivity contribution < 1.29 is 9.47 Å². The predicted molar refractivity (Wildman–Crippen MR) is 90.6 cm³/mol. The number of nitrogens with one attached hydrogen (secondary N) is 2. The van der Waals surface area contributed by atoms with E-state index in [-0.39, 0.29) is 0 Å². The van der Waals surface area contributed by atoms with E-state index in [1.807, 2.05) is 0 Å².